The number of nitrogens with zero attached hydrogens (tertiary/aromatic N) is 1. The second-order valence-corrected chi connectivity index (χ2v) is 6.66. The molecule has 118 valence electrons. The largest absolute Gasteiger partial charge is 0.481 e. The van der Waals surface area contributed by atoms with Gasteiger partial charge in [-0.2, -0.15) is 0 Å². The number of carboxylic acids is 1. The monoisotopic (exact) mass is 338 g/mol. The molecule has 0 fully saturated rings. The second-order valence-electron chi connectivity index (χ2n) is 4.85. The van der Waals surface area contributed by atoms with E-state index in [0.717, 1.165) is 28.4 Å². The molecule has 0 atom stereocenters. The van der Waals surface area contributed by atoms with Crippen LogP contribution in [-0.2, 0) is 16.0 Å². The summed E-state index contributed by atoms with van der Waals surface area (Å²) in [4.78, 5) is 27.8. The number of carbonyl (C=O) groups is 2. The molecule has 0 saturated heterocycles. The van der Waals surface area contributed by atoms with E-state index in [-0.39, 0.29) is 18.7 Å². The number of carbonyl (C=O) groups excluding carboxylic acids is 1. The number of carboxylic acid groups (broad SMARTS) is 1. The molecule has 2 aromatic rings. The highest BCUT2D eigenvalue weighted by molar-refractivity contribution is 7.20. The molecular formula is C15H18N2O3S2. The number of aliphatic carboxylic acids is 1. The van der Waals surface area contributed by atoms with Gasteiger partial charge in [0.2, 0.25) is 5.91 Å². The van der Waals surface area contributed by atoms with Gasteiger partial charge in [0.05, 0.1) is 17.0 Å². The molecule has 2 heterocycles. The molecule has 7 heteroatoms. The first kappa shape index (κ1) is 16.6. The molecule has 0 aliphatic heterocycles. The molecule has 2 N–H and O–H groups in total. The first-order valence-corrected chi connectivity index (χ1v) is 8.88. The van der Waals surface area contributed by atoms with Crippen LogP contribution in [0.2, 0.25) is 0 Å². The van der Waals surface area contributed by atoms with Gasteiger partial charge in [-0.15, -0.1) is 22.7 Å². The summed E-state index contributed by atoms with van der Waals surface area (Å²) in [5.74, 6) is -0.810. The maximum Gasteiger partial charge on any atom is 0.303 e. The topological polar surface area (TPSA) is 79.3 Å². The van der Waals surface area contributed by atoms with E-state index < -0.39 is 5.97 Å². The van der Waals surface area contributed by atoms with Gasteiger partial charge in [-0.05, 0) is 24.3 Å². The van der Waals surface area contributed by atoms with Gasteiger partial charge >= 0.3 is 5.97 Å². The lowest BCUT2D eigenvalue weighted by Crippen LogP contribution is -2.26. The van der Waals surface area contributed by atoms with Crippen molar-refractivity contribution in [2.75, 3.05) is 6.54 Å². The van der Waals surface area contributed by atoms with E-state index in [1.807, 2.05) is 22.9 Å². The zero-order chi connectivity index (χ0) is 15.8. The Morgan fingerprint density at radius 3 is 2.82 bits per heavy atom. The highest BCUT2D eigenvalue weighted by Crippen LogP contribution is 2.27. The van der Waals surface area contributed by atoms with E-state index >= 15 is 0 Å². The van der Waals surface area contributed by atoms with Crippen molar-refractivity contribution in [3.05, 3.63) is 28.6 Å². The second kappa shape index (κ2) is 8.65. The van der Waals surface area contributed by atoms with Gasteiger partial charge in [0, 0.05) is 18.3 Å². The molecule has 0 radical (unpaired) electrons. The summed E-state index contributed by atoms with van der Waals surface area (Å²) in [7, 11) is 0. The van der Waals surface area contributed by atoms with Crippen LogP contribution in [-0.4, -0.2) is 28.5 Å². The quantitative estimate of drug-likeness (QED) is 0.688. The van der Waals surface area contributed by atoms with Crippen LogP contribution in [0.5, 0.6) is 0 Å². The van der Waals surface area contributed by atoms with Crippen molar-refractivity contribution >= 4 is 34.6 Å². The maximum atomic E-state index is 11.8. The van der Waals surface area contributed by atoms with Gasteiger partial charge in [-0.1, -0.05) is 12.5 Å². The van der Waals surface area contributed by atoms with Crippen LogP contribution in [0.15, 0.2) is 22.9 Å². The minimum absolute atomic E-state index is 0.0405. The fraction of sp³-hybridized carbons (Fsp3) is 0.400. The van der Waals surface area contributed by atoms with Crippen molar-refractivity contribution in [2.24, 2.45) is 0 Å². The van der Waals surface area contributed by atoms with Crippen LogP contribution < -0.4 is 5.32 Å². The zero-order valence-corrected chi connectivity index (χ0v) is 13.7. The summed E-state index contributed by atoms with van der Waals surface area (Å²) in [6.45, 7) is 0.584. The van der Waals surface area contributed by atoms with E-state index in [2.05, 4.69) is 10.3 Å². The SMILES string of the molecule is O=C(O)CCCCCNC(=O)Cc1csc(-c2cccs2)n1. The number of rotatable bonds is 9. The van der Waals surface area contributed by atoms with Crippen LogP contribution >= 0.6 is 22.7 Å². The molecule has 2 aromatic heterocycles. The van der Waals surface area contributed by atoms with Gasteiger partial charge in [0.15, 0.2) is 0 Å². The summed E-state index contributed by atoms with van der Waals surface area (Å²) in [6, 6.07) is 4.00. The normalized spacial score (nSPS) is 10.5. The molecule has 0 aliphatic carbocycles. The number of aromatic nitrogens is 1. The minimum Gasteiger partial charge on any atom is -0.481 e. The molecule has 1 amide bonds. The fourth-order valence-electron chi connectivity index (χ4n) is 1.93. The molecule has 0 bridgehead atoms. The summed E-state index contributed by atoms with van der Waals surface area (Å²) in [6.07, 6.45) is 2.75. The van der Waals surface area contributed by atoms with E-state index in [9.17, 15) is 9.59 Å². The van der Waals surface area contributed by atoms with E-state index in [0.29, 0.717) is 13.0 Å². The van der Waals surface area contributed by atoms with Crippen molar-refractivity contribution in [1.82, 2.24) is 10.3 Å². The van der Waals surface area contributed by atoms with Gasteiger partial charge in [-0.3, -0.25) is 9.59 Å². The minimum atomic E-state index is -0.769. The maximum absolute atomic E-state index is 11.8. The third-order valence-electron chi connectivity index (χ3n) is 3.01. The van der Waals surface area contributed by atoms with Crippen LogP contribution in [0.1, 0.15) is 31.4 Å². The van der Waals surface area contributed by atoms with Crippen molar-refractivity contribution in [3.63, 3.8) is 0 Å². The smallest absolute Gasteiger partial charge is 0.303 e. The molecule has 0 aromatic carbocycles. The third-order valence-corrected chi connectivity index (χ3v) is 4.95. The van der Waals surface area contributed by atoms with Crippen molar-refractivity contribution in [3.8, 4) is 9.88 Å². The number of thiazole rings is 1. The Labute approximate surface area is 137 Å². The summed E-state index contributed by atoms with van der Waals surface area (Å²) in [5.41, 5.74) is 0.789. The average molecular weight is 338 g/mol. The molecule has 0 saturated carbocycles. The fourth-order valence-corrected chi connectivity index (χ4v) is 3.57. The zero-order valence-electron chi connectivity index (χ0n) is 12.1. The summed E-state index contributed by atoms with van der Waals surface area (Å²) < 4.78 is 0. The highest BCUT2D eigenvalue weighted by atomic mass is 32.1. The Hall–Kier alpha value is -1.73. The van der Waals surface area contributed by atoms with Crippen molar-refractivity contribution in [1.29, 1.82) is 0 Å². The third kappa shape index (κ3) is 5.57. The van der Waals surface area contributed by atoms with Crippen molar-refractivity contribution < 1.29 is 14.7 Å². The highest BCUT2D eigenvalue weighted by Gasteiger charge is 2.09. The molecule has 0 aliphatic rings. The Kier molecular flexibility index (Phi) is 6.54. The van der Waals surface area contributed by atoms with E-state index in [1.54, 1.807) is 22.7 Å². The van der Waals surface area contributed by atoms with Crippen LogP contribution in [0.4, 0.5) is 0 Å². The lowest BCUT2D eigenvalue weighted by Gasteiger charge is -2.03. The summed E-state index contributed by atoms with van der Waals surface area (Å²) in [5, 5.41) is 16.2. The number of nitrogens with one attached hydrogen (secondary N) is 1. The number of unbranched alkanes of at least 4 members (excludes halogenated alkanes) is 2. The van der Waals surface area contributed by atoms with Gasteiger partial charge in [0.25, 0.3) is 0 Å². The summed E-state index contributed by atoms with van der Waals surface area (Å²) >= 11 is 3.19. The molecular weight excluding hydrogens is 320 g/mol. The van der Waals surface area contributed by atoms with Crippen LogP contribution in [0.3, 0.4) is 0 Å². The Balaban J connectivity index is 1.66. The first-order chi connectivity index (χ1) is 10.6. The lowest BCUT2D eigenvalue weighted by atomic mass is 10.2. The Bertz CT molecular complexity index is 608. The van der Waals surface area contributed by atoms with Gasteiger partial charge in [0.1, 0.15) is 5.01 Å². The number of hydrogen-bond acceptors (Lipinski definition) is 5. The predicted molar refractivity (Wildman–Crippen MR) is 88.2 cm³/mol. The van der Waals surface area contributed by atoms with E-state index in [4.69, 9.17) is 5.11 Å². The lowest BCUT2D eigenvalue weighted by molar-refractivity contribution is -0.137. The van der Waals surface area contributed by atoms with Crippen LogP contribution in [0.25, 0.3) is 9.88 Å². The Morgan fingerprint density at radius 2 is 2.09 bits per heavy atom. The van der Waals surface area contributed by atoms with Gasteiger partial charge < -0.3 is 10.4 Å². The molecule has 2 rings (SSSR count). The molecule has 5 nitrogen and oxygen atoms in total. The number of thiophene rings is 1. The molecule has 0 unspecified atom stereocenters. The van der Waals surface area contributed by atoms with Crippen LogP contribution in [0, 0.1) is 0 Å². The first-order valence-electron chi connectivity index (χ1n) is 7.12. The standard InChI is InChI=1S/C15H18N2O3S2/c18-13(16-7-3-1-2-6-14(19)20)9-11-10-22-15(17-11)12-5-4-8-21-12/h4-5,8,10H,1-3,6-7,9H2,(H,16,18)(H,19,20). The van der Waals surface area contributed by atoms with Crippen molar-refractivity contribution in [2.45, 2.75) is 32.1 Å². The van der Waals surface area contributed by atoms with E-state index in [1.165, 1.54) is 0 Å². The van der Waals surface area contributed by atoms with Gasteiger partial charge in [-0.25, -0.2) is 4.98 Å². The molecule has 0 spiro atoms. The number of amides is 1. The molecule has 22 heavy (non-hydrogen) atoms. The average Bonchev–Trinajstić information content (AvgIpc) is 3.12. The Morgan fingerprint density at radius 1 is 1.23 bits per heavy atom. The number of hydrogen-bond donors (Lipinski definition) is 2. The predicted octanol–water partition coefficient (Wildman–Crippen LogP) is 3.18.